The molecule has 0 atom stereocenters. The summed E-state index contributed by atoms with van der Waals surface area (Å²) < 4.78 is 12.1. The minimum absolute atomic E-state index is 0.446. The van der Waals surface area contributed by atoms with Gasteiger partial charge in [0, 0.05) is 19.2 Å². The van der Waals surface area contributed by atoms with Crippen molar-refractivity contribution in [3.8, 4) is 17.6 Å². The van der Waals surface area contributed by atoms with Crippen LogP contribution in [-0.4, -0.2) is 24.0 Å². The van der Waals surface area contributed by atoms with E-state index in [0.717, 1.165) is 0 Å². The van der Waals surface area contributed by atoms with E-state index in [2.05, 4.69) is 16.5 Å². The van der Waals surface area contributed by atoms with E-state index < -0.39 is 0 Å². The van der Waals surface area contributed by atoms with Crippen molar-refractivity contribution in [1.29, 1.82) is 5.26 Å². The molecule has 1 heterocycles. The van der Waals surface area contributed by atoms with Crippen molar-refractivity contribution in [3.05, 3.63) is 28.4 Å². The molecular weight excluding hydrogens is 292 g/mol. The summed E-state index contributed by atoms with van der Waals surface area (Å²) in [4.78, 5) is 0. The number of halogens is 1. The number of benzene rings is 1. The molecule has 1 N–H and O–H groups in total. The first-order chi connectivity index (χ1) is 10.0. The highest BCUT2D eigenvalue weighted by Gasteiger charge is 2.16. The third kappa shape index (κ3) is 2.73. The lowest BCUT2D eigenvalue weighted by molar-refractivity contribution is 0.405. The first kappa shape index (κ1) is 15.0. The van der Waals surface area contributed by atoms with Crippen LogP contribution >= 0.6 is 11.6 Å². The maximum Gasteiger partial charge on any atom is 0.146 e. The minimum Gasteiger partial charge on any atom is -0.495 e. The van der Waals surface area contributed by atoms with Crippen molar-refractivity contribution in [3.63, 3.8) is 0 Å². The maximum atomic E-state index is 9.24. The first-order valence-electron chi connectivity index (χ1n) is 6.14. The van der Waals surface area contributed by atoms with E-state index in [9.17, 15) is 5.26 Å². The zero-order chi connectivity index (χ0) is 15.6. The fourth-order valence-corrected chi connectivity index (χ4v) is 2.25. The lowest BCUT2D eigenvalue weighted by Crippen LogP contribution is -2.02. The number of hydrogen-bond acceptors (Lipinski definition) is 5. The second-order valence-electron chi connectivity index (χ2n) is 4.36. The molecule has 1 aromatic carbocycles. The van der Waals surface area contributed by atoms with Gasteiger partial charge in [-0.2, -0.15) is 10.4 Å². The van der Waals surface area contributed by atoms with Crippen molar-refractivity contribution < 1.29 is 9.47 Å². The molecular formula is C14H15ClN4O2. The van der Waals surface area contributed by atoms with Crippen LogP contribution in [-0.2, 0) is 7.05 Å². The summed E-state index contributed by atoms with van der Waals surface area (Å²) in [7, 11) is 4.84. The van der Waals surface area contributed by atoms with E-state index in [0.29, 0.717) is 39.3 Å². The van der Waals surface area contributed by atoms with Gasteiger partial charge in [-0.25, -0.2) is 0 Å². The number of rotatable bonds is 4. The highest BCUT2D eigenvalue weighted by Crippen LogP contribution is 2.37. The standard InChI is InChI=1S/C14H15ClN4O2/c1-8-9(7-16)14(19(2)18-8)17-11-6-12(20-3)10(15)5-13(11)21-4/h5-6,17H,1-4H3. The van der Waals surface area contributed by atoms with Crippen LogP contribution in [0.15, 0.2) is 12.1 Å². The van der Waals surface area contributed by atoms with Crippen molar-refractivity contribution >= 4 is 23.1 Å². The molecule has 0 aliphatic rings. The zero-order valence-corrected chi connectivity index (χ0v) is 12.9. The molecule has 0 bridgehead atoms. The Balaban J connectivity index is 2.51. The third-order valence-electron chi connectivity index (χ3n) is 3.06. The van der Waals surface area contributed by atoms with E-state index >= 15 is 0 Å². The molecule has 2 aromatic rings. The topological polar surface area (TPSA) is 72.1 Å². The SMILES string of the molecule is COc1cc(Nc2c(C#N)c(C)nn2C)c(OC)cc1Cl. The fourth-order valence-electron chi connectivity index (χ4n) is 2.02. The summed E-state index contributed by atoms with van der Waals surface area (Å²) in [6.07, 6.45) is 0. The monoisotopic (exact) mass is 306 g/mol. The molecule has 0 spiro atoms. The highest BCUT2D eigenvalue weighted by molar-refractivity contribution is 6.32. The molecule has 0 amide bonds. The molecule has 0 radical (unpaired) electrons. The van der Waals surface area contributed by atoms with Crippen LogP contribution in [0.5, 0.6) is 11.5 Å². The normalized spacial score (nSPS) is 10.1. The first-order valence-corrected chi connectivity index (χ1v) is 6.51. The Kier molecular flexibility index (Phi) is 4.24. The molecule has 0 saturated heterocycles. The predicted molar refractivity (Wildman–Crippen MR) is 80.5 cm³/mol. The van der Waals surface area contributed by atoms with Crippen LogP contribution < -0.4 is 14.8 Å². The van der Waals surface area contributed by atoms with Gasteiger partial charge in [0.05, 0.1) is 30.6 Å². The van der Waals surface area contributed by atoms with Crippen LogP contribution in [0.3, 0.4) is 0 Å². The van der Waals surface area contributed by atoms with E-state index in [1.54, 1.807) is 37.9 Å². The summed E-state index contributed by atoms with van der Waals surface area (Å²) >= 11 is 6.07. The molecule has 2 rings (SSSR count). The lowest BCUT2D eigenvalue weighted by Gasteiger charge is -2.14. The van der Waals surface area contributed by atoms with Crippen LogP contribution in [0.1, 0.15) is 11.3 Å². The Morgan fingerprint density at radius 1 is 1.29 bits per heavy atom. The molecule has 0 aliphatic heterocycles. The Labute approximate surface area is 127 Å². The predicted octanol–water partition coefficient (Wildman–Crippen LogP) is 3.01. The van der Waals surface area contributed by atoms with Crippen molar-refractivity contribution in [2.24, 2.45) is 7.05 Å². The number of aromatic nitrogens is 2. The largest absolute Gasteiger partial charge is 0.495 e. The highest BCUT2D eigenvalue weighted by atomic mass is 35.5. The summed E-state index contributed by atoms with van der Waals surface area (Å²) in [5, 5.41) is 17.1. The van der Waals surface area contributed by atoms with Crippen LogP contribution in [0, 0.1) is 18.3 Å². The Bertz CT molecular complexity index is 719. The quantitative estimate of drug-likeness (QED) is 0.940. The van der Waals surface area contributed by atoms with Gasteiger partial charge in [-0.15, -0.1) is 0 Å². The van der Waals surface area contributed by atoms with Gasteiger partial charge in [0.2, 0.25) is 0 Å². The zero-order valence-electron chi connectivity index (χ0n) is 12.2. The number of methoxy groups -OCH3 is 2. The molecule has 21 heavy (non-hydrogen) atoms. The van der Waals surface area contributed by atoms with Gasteiger partial charge >= 0.3 is 0 Å². The Morgan fingerprint density at radius 3 is 2.52 bits per heavy atom. The number of nitriles is 1. The van der Waals surface area contributed by atoms with E-state index in [1.165, 1.54) is 7.11 Å². The molecule has 110 valence electrons. The minimum atomic E-state index is 0.446. The van der Waals surface area contributed by atoms with Gasteiger partial charge in [0.15, 0.2) is 0 Å². The fraction of sp³-hybridized carbons (Fsp3) is 0.286. The van der Waals surface area contributed by atoms with Crippen molar-refractivity contribution in [1.82, 2.24) is 9.78 Å². The maximum absolute atomic E-state index is 9.24. The smallest absolute Gasteiger partial charge is 0.146 e. The summed E-state index contributed by atoms with van der Waals surface area (Å²) in [6.45, 7) is 1.78. The molecule has 0 saturated carbocycles. The van der Waals surface area contributed by atoms with E-state index in [1.807, 2.05) is 0 Å². The molecule has 7 heteroatoms. The molecule has 1 aromatic heterocycles. The average molecular weight is 307 g/mol. The van der Waals surface area contributed by atoms with Crippen LogP contribution in [0.2, 0.25) is 5.02 Å². The number of hydrogen-bond donors (Lipinski definition) is 1. The third-order valence-corrected chi connectivity index (χ3v) is 3.36. The molecule has 0 fully saturated rings. The molecule has 0 unspecified atom stereocenters. The van der Waals surface area contributed by atoms with E-state index in [4.69, 9.17) is 21.1 Å². The number of aryl methyl sites for hydroxylation is 2. The van der Waals surface area contributed by atoms with Gasteiger partial charge in [0.25, 0.3) is 0 Å². The second-order valence-corrected chi connectivity index (χ2v) is 4.76. The van der Waals surface area contributed by atoms with Gasteiger partial charge in [-0.05, 0) is 6.92 Å². The number of anilines is 2. The Hall–Kier alpha value is -2.39. The number of nitrogens with zero attached hydrogens (tertiary/aromatic N) is 3. The number of ether oxygens (including phenoxy) is 2. The lowest BCUT2D eigenvalue weighted by atomic mass is 10.2. The number of nitrogens with one attached hydrogen (secondary N) is 1. The second kappa shape index (κ2) is 5.94. The average Bonchev–Trinajstić information content (AvgIpc) is 2.73. The molecule has 6 nitrogen and oxygen atoms in total. The summed E-state index contributed by atoms with van der Waals surface area (Å²) in [6, 6.07) is 5.50. The van der Waals surface area contributed by atoms with Crippen molar-refractivity contribution in [2.75, 3.05) is 19.5 Å². The van der Waals surface area contributed by atoms with Gasteiger partial charge in [-0.1, -0.05) is 11.6 Å². The van der Waals surface area contributed by atoms with Crippen molar-refractivity contribution in [2.45, 2.75) is 6.92 Å². The van der Waals surface area contributed by atoms with E-state index in [-0.39, 0.29) is 0 Å². The van der Waals surface area contributed by atoms with Crippen LogP contribution in [0.4, 0.5) is 11.5 Å². The summed E-state index contributed by atoms with van der Waals surface area (Å²) in [5.41, 5.74) is 1.77. The summed E-state index contributed by atoms with van der Waals surface area (Å²) in [5.74, 6) is 1.64. The van der Waals surface area contributed by atoms with Gasteiger partial charge in [-0.3, -0.25) is 4.68 Å². The molecule has 0 aliphatic carbocycles. The van der Waals surface area contributed by atoms with Crippen LogP contribution in [0.25, 0.3) is 0 Å². The van der Waals surface area contributed by atoms with Gasteiger partial charge in [0.1, 0.15) is 28.9 Å². The van der Waals surface area contributed by atoms with Gasteiger partial charge < -0.3 is 14.8 Å². The Morgan fingerprint density at radius 2 is 1.95 bits per heavy atom.